The van der Waals surface area contributed by atoms with E-state index in [2.05, 4.69) is 15.2 Å². The molecule has 0 saturated carbocycles. The molecule has 1 aliphatic heterocycles. The number of pyridine rings is 1. The van der Waals surface area contributed by atoms with Crippen molar-refractivity contribution in [2.24, 2.45) is 10.2 Å². The van der Waals surface area contributed by atoms with Gasteiger partial charge in [0.1, 0.15) is 16.8 Å². The van der Waals surface area contributed by atoms with Gasteiger partial charge in [-0.25, -0.2) is 4.98 Å². The van der Waals surface area contributed by atoms with Crippen molar-refractivity contribution in [1.82, 2.24) is 4.98 Å². The van der Waals surface area contributed by atoms with Crippen molar-refractivity contribution in [3.8, 4) is 11.6 Å². The molecular weight excluding hydrogens is 438 g/mol. The van der Waals surface area contributed by atoms with E-state index < -0.39 is 11.7 Å². The highest BCUT2D eigenvalue weighted by Crippen LogP contribution is 2.40. The fourth-order valence-electron chi connectivity index (χ4n) is 3.20. The molecule has 0 fully saturated rings. The van der Waals surface area contributed by atoms with Crippen LogP contribution in [0.4, 0.5) is 13.2 Å². The number of ether oxygens (including phenoxy) is 1. The first-order chi connectivity index (χ1) is 14.3. The van der Waals surface area contributed by atoms with E-state index in [1.165, 1.54) is 0 Å². The Kier molecular flexibility index (Phi) is 5.66. The van der Waals surface area contributed by atoms with E-state index in [9.17, 15) is 13.2 Å². The van der Waals surface area contributed by atoms with Gasteiger partial charge in [-0.05, 0) is 41.5 Å². The van der Waals surface area contributed by atoms with Crippen LogP contribution < -0.4 is 4.74 Å². The summed E-state index contributed by atoms with van der Waals surface area (Å²) in [5.74, 6) is 0.392. The van der Waals surface area contributed by atoms with Crippen molar-refractivity contribution >= 4 is 23.2 Å². The number of halogens is 5. The van der Waals surface area contributed by atoms with Crippen molar-refractivity contribution in [3.63, 3.8) is 0 Å². The Labute approximate surface area is 180 Å². The average Bonchev–Trinajstić information content (AvgIpc) is 3.20. The summed E-state index contributed by atoms with van der Waals surface area (Å²) in [6, 6.07) is 15.3. The van der Waals surface area contributed by atoms with Crippen molar-refractivity contribution < 1.29 is 17.9 Å². The van der Waals surface area contributed by atoms with Crippen LogP contribution in [0.3, 0.4) is 0 Å². The Morgan fingerprint density at radius 2 is 1.60 bits per heavy atom. The molecule has 0 aliphatic carbocycles. The molecule has 9 heteroatoms. The van der Waals surface area contributed by atoms with Crippen LogP contribution in [0.15, 0.2) is 71.0 Å². The van der Waals surface area contributed by atoms with Gasteiger partial charge >= 0.3 is 6.18 Å². The number of alkyl halides is 3. The molecule has 1 aliphatic rings. The fourth-order valence-corrected chi connectivity index (χ4v) is 3.53. The molecule has 4 nitrogen and oxygen atoms in total. The van der Waals surface area contributed by atoms with E-state index >= 15 is 0 Å². The Morgan fingerprint density at radius 3 is 2.23 bits per heavy atom. The number of rotatable bonds is 4. The number of nitrogens with zero attached hydrogens (tertiary/aromatic N) is 3. The maximum atomic E-state index is 12.7. The lowest BCUT2D eigenvalue weighted by Gasteiger charge is -2.17. The van der Waals surface area contributed by atoms with Crippen LogP contribution in [0.1, 0.15) is 28.7 Å². The third-order valence-electron chi connectivity index (χ3n) is 4.73. The van der Waals surface area contributed by atoms with E-state index in [-0.39, 0.29) is 22.9 Å². The van der Waals surface area contributed by atoms with Gasteiger partial charge in [-0.2, -0.15) is 23.4 Å². The van der Waals surface area contributed by atoms with Gasteiger partial charge in [-0.15, -0.1) is 0 Å². The molecule has 3 aromatic rings. The third kappa shape index (κ3) is 4.42. The van der Waals surface area contributed by atoms with Crippen LogP contribution >= 0.6 is 23.2 Å². The summed E-state index contributed by atoms with van der Waals surface area (Å²) in [5.41, 5.74) is 1.10. The smallest absolute Gasteiger partial charge is 0.417 e. The molecule has 0 spiro atoms. The summed E-state index contributed by atoms with van der Waals surface area (Å²) in [4.78, 5) is 3.68. The number of azo groups is 1. The van der Waals surface area contributed by atoms with Crippen molar-refractivity contribution in [2.45, 2.75) is 18.1 Å². The van der Waals surface area contributed by atoms with Gasteiger partial charge in [0.25, 0.3) is 0 Å². The second-order valence-electron chi connectivity index (χ2n) is 6.72. The minimum absolute atomic E-state index is 0.0973. The van der Waals surface area contributed by atoms with Gasteiger partial charge in [-0.3, -0.25) is 0 Å². The zero-order valence-electron chi connectivity index (χ0n) is 15.3. The maximum absolute atomic E-state index is 12.7. The number of hydrogen-bond donors (Lipinski definition) is 0. The zero-order chi connectivity index (χ0) is 21.3. The standard InChI is InChI=1S/C21H14Cl2F3N3O/c22-15-5-1-12(2-6-15)17-11-28-29-19(17)13-3-7-16(8-4-13)30-20-18(23)9-14(10-27-20)21(24,25)26/h1-10,17,19H,11H2. The molecule has 4 rings (SSSR count). The molecule has 0 bridgehead atoms. The Hall–Kier alpha value is -2.64. The molecule has 2 aromatic carbocycles. The van der Waals surface area contributed by atoms with Gasteiger partial charge in [0, 0.05) is 17.1 Å². The van der Waals surface area contributed by atoms with E-state index in [1.807, 2.05) is 36.4 Å². The highest BCUT2D eigenvalue weighted by Gasteiger charge is 2.32. The molecular formula is C21H14Cl2F3N3O. The van der Waals surface area contributed by atoms with Crippen LogP contribution in [-0.4, -0.2) is 11.5 Å². The third-order valence-corrected chi connectivity index (χ3v) is 5.26. The summed E-state index contributed by atoms with van der Waals surface area (Å²) in [6.07, 6.45) is -3.83. The van der Waals surface area contributed by atoms with Crippen molar-refractivity contribution in [2.75, 3.05) is 6.54 Å². The SMILES string of the molecule is FC(F)(F)c1cnc(Oc2ccc(C3N=NCC3c3ccc(Cl)cc3)cc2)c(Cl)c1. The van der Waals surface area contributed by atoms with Gasteiger partial charge in [0.05, 0.1) is 12.1 Å². The van der Waals surface area contributed by atoms with E-state index in [0.717, 1.165) is 17.2 Å². The number of aromatic nitrogens is 1. The van der Waals surface area contributed by atoms with Crippen LogP contribution in [0, 0.1) is 0 Å². The lowest BCUT2D eigenvalue weighted by atomic mass is 9.88. The second-order valence-corrected chi connectivity index (χ2v) is 7.57. The predicted molar refractivity (Wildman–Crippen MR) is 107 cm³/mol. The van der Waals surface area contributed by atoms with Crippen LogP contribution in [0.2, 0.25) is 10.0 Å². The molecule has 2 unspecified atom stereocenters. The largest absolute Gasteiger partial charge is 0.438 e. The summed E-state index contributed by atoms with van der Waals surface area (Å²) in [7, 11) is 0. The fraction of sp³-hybridized carbons (Fsp3) is 0.190. The number of hydrogen-bond acceptors (Lipinski definition) is 4. The molecule has 2 atom stereocenters. The molecule has 0 N–H and O–H groups in total. The first kappa shape index (κ1) is 20.6. The summed E-state index contributed by atoms with van der Waals surface area (Å²) in [5, 5.41) is 9.00. The lowest BCUT2D eigenvalue weighted by Crippen LogP contribution is -2.07. The molecule has 0 amide bonds. The summed E-state index contributed by atoms with van der Waals surface area (Å²) < 4.78 is 43.7. The van der Waals surface area contributed by atoms with Gasteiger partial charge < -0.3 is 4.74 Å². The van der Waals surface area contributed by atoms with Gasteiger partial charge in [0.2, 0.25) is 5.88 Å². The molecule has 154 valence electrons. The van der Waals surface area contributed by atoms with Crippen molar-refractivity contribution in [3.05, 3.63) is 87.5 Å². The Balaban J connectivity index is 1.50. The lowest BCUT2D eigenvalue weighted by molar-refractivity contribution is -0.137. The van der Waals surface area contributed by atoms with E-state index in [1.54, 1.807) is 12.1 Å². The first-order valence-corrected chi connectivity index (χ1v) is 9.69. The van der Waals surface area contributed by atoms with E-state index in [0.29, 0.717) is 23.5 Å². The minimum atomic E-state index is -4.52. The summed E-state index contributed by atoms with van der Waals surface area (Å²) in [6.45, 7) is 0.579. The zero-order valence-corrected chi connectivity index (χ0v) is 16.8. The highest BCUT2D eigenvalue weighted by atomic mass is 35.5. The molecule has 2 heterocycles. The molecule has 30 heavy (non-hydrogen) atoms. The molecule has 0 saturated heterocycles. The predicted octanol–water partition coefficient (Wildman–Crippen LogP) is 7.49. The Bertz CT molecular complexity index is 1070. The van der Waals surface area contributed by atoms with E-state index in [4.69, 9.17) is 27.9 Å². The number of benzene rings is 2. The molecule has 1 aromatic heterocycles. The second kappa shape index (κ2) is 8.24. The first-order valence-electron chi connectivity index (χ1n) is 8.94. The monoisotopic (exact) mass is 451 g/mol. The normalized spacial score (nSPS) is 18.6. The van der Waals surface area contributed by atoms with Crippen LogP contribution in [0.25, 0.3) is 0 Å². The molecule has 0 radical (unpaired) electrons. The summed E-state index contributed by atoms with van der Waals surface area (Å²) >= 11 is 11.9. The Morgan fingerprint density at radius 1 is 0.933 bits per heavy atom. The average molecular weight is 452 g/mol. The van der Waals surface area contributed by atoms with Crippen LogP contribution in [-0.2, 0) is 6.18 Å². The van der Waals surface area contributed by atoms with Gasteiger partial charge in [-0.1, -0.05) is 47.5 Å². The minimum Gasteiger partial charge on any atom is -0.438 e. The van der Waals surface area contributed by atoms with Crippen LogP contribution in [0.5, 0.6) is 11.6 Å². The maximum Gasteiger partial charge on any atom is 0.417 e. The van der Waals surface area contributed by atoms with Crippen molar-refractivity contribution in [1.29, 1.82) is 0 Å². The quantitative estimate of drug-likeness (QED) is 0.412. The van der Waals surface area contributed by atoms with Gasteiger partial charge in [0.15, 0.2) is 0 Å². The topological polar surface area (TPSA) is 46.8 Å². The highest BCUT2D eigenvalue weighted by molar-refractivity contribution is 6.32.